The highest BCUT2D eigenvalue weighted by atomic mass is 32.1. The summed E-state index contributed by atoms with van der Waals surface area (Å²) in [5.74, 6) is -0.0871. The van der Waals surface area contributed by atoms with Gasteiger partial charge in [0.05, 0.1) is 11.6 Å². The predicted molar refractivity (Wildman–Crippen MR) is 63.8 cm³/mol. The first kappa shape index (κ1) is 12.2. The molecule has 1 aromatic rings. The zero-order valence-electron chi connectivity index (χ0n) is 9.41. The highest BCUT2D eigenvalue weighted by Gasteiger charge is 2.25. The van der Waals surface area contributed by atoms with E-state index in [9.17, 15) is 4.79 Å². The van der Waals surface area contributed by atoms with Crippen molar-refractivity contribution < 1.29 is 4.79 Å². The molecule has 1 amide bonds. The number of thiophene rings is 1. The SMILES string of the molecule is CC[C@H](N)C(=O)NC(C)(C)c1cccs1. The van der Waals surface area contributed by atoms with Crippen molar-refractivity contribution in [1.82, 2.24) is 5.32 Å². The molecule has 1 atom stereocenters. The second-order valence-electron chi connectivity index (χ2n) is 4.11. The largest absolute Gasteiger partial charge is 0.345 e. The molecule has 0 aliphatic rings. The van der Waals surface area contributed by atoms with Gasteiger partial charge in [0.25, 0.3) is 0 Å². The van der Waals surface area contributed by atoms with E-state index >= 15 is 0 Å². The molecule has 0 aliphatic heterocycles. The molecule has 0 unspecified atom stereocenters. The Bertz CT molecular complexity index is 319. The van der Waals surface area contributed by atoms with Crippen molar-refractivity contribution in [3.8, 4) is 0 Å². The molecule has 0 saturated carbocycles. The minimum atomic E-state index is -0.413. The summed E-state index contributed by atoms with van der Waals surface area (Å²) in [5.41, 5.74) is 5.33. The molecule has 15 heavy (non-hydrogen) atoms. The molecule has 0 spiro atoms. The predicted octanol–water partition coefficient (Wildman–Crippen LogP) is 1.84. The van der Waals surface area contributed by atoms with Gasteiger partial charge in [-0.1, -0.05) is 13.0 Å². The lowest BCUT2D eigenvalue weighted by Gasteiger charge is -2.26. The molecule has 84 valence electrons. The highest BCUT2D eigenvalue weighted by Crippen LogP contribution is 2.24. The van der Waals surface area contributed by atoms with E-state index in [4.69, 9.17) is 5.73 Å². The van der Waals surface area contributed by atoms with E-state index in [0.717, 1.165) is 4.88 Å². The number of nitrogens with two attached hydrogens (primary N) is 1. The van der Waals surface area contributed by atoms with Crippen molar-refractivity contribution in [2.24, 2.45) is 5.73 Å². The Hall–Kier alpha value is -0.870. The number of carbonyl (C=O) groups is 1. The summed E-state index contributed by atoms with van der Waals surface area (Å²) in [6, 6.07) is 3.58. The zero-order chi connectivity index (χ0) is 11.5. The quantitative estimate of drug-likeness (QED) is 0.823. The van der Waals surface area contributed by atoms with Crippen LogP contribution >= 0.6 is 11.3 Å². The zero-order valence-corrected chi connectivity index (χ0v) is 10.2. The molecule has 0 aliphatic carbocycles. The Morgan fingerprint density at radius 3 is 2.80 bits per heavy atom. The van der Waals surface area contributed by atoms with E-state index < -0.39 is 6.04 Å². The average Bonchev–Trinajstić information content (AvgIpc) is 2.69. The molecule has 0 saturated heterocycles. The maximum atomic E-state index is 11.7. The molecular formula is C11H18N2OS. The van der Waals surface area contributed by atoms with Crippen LogP contribution in [0.15, 0.2) is 17.5 Å². The lowest BCUT2D eigenvalue weighted by molar-refractivity contribution is -0.124. The minimum Gasteiger partial charge on any atom is -0.345 e. The molecule has 4 heteroatoms. The number of nitrogens with one attached hydrogen (secondary N) is 1. The molecule has 1 aromatic heterocycles. The topological polar surface area (TPSA) is 55.1 Å². The van der Waals surface area contributed by atoms with Crippen LogP contribution in [0.2, 0.25) is 0 Å². The lowest BCUT2D eigenvalue weighted by Crippen LogP contribution is -2.48. The second kappa shape index (κ2) is 4.77. The molecule has 3 N–H and O–H groups in total. The lowest BCUT2D eigenvalue weighted by atomic mass is 10.0. The first-order valence-corrected chi connectivity index (χ1v) is 5.97. The van der Waals surface area contributed by atoms with Crippen LogP contribution in [0.3, 0.4) is 0 Å². The van der Waals surface area contributed by atoms with Crippen LogP contribution in [-0.2, 0) is 10.3 Å². The number of hydrogen-bond acceptors (Lipinski definition) is 3. The monoisotopic (exact) mass is 226 g/mol. The van der Waals surface area contributed by atoms with E-state index in [0.29, 0.717) is 6.42 Å². The molecular weight excluding hydrogens is 208 g/mol. The third-order valence-electron chi connectivity index (χ3n) is 2.35. The van der Waals surface area contributed by atoms with Crippen molar-refractivity contribution >= 4 is 17.2 Å². The third-order valence-corrected chi connectivity index (χ3v) is 3.54. The molecule has 0 aromatic carbocycles. The second-order valence-corrected chi connectivity index (χ2v) is 5.05. The van der Waals surface area contributed by atoms with Crippen molar-refractivity contribution in [1.29, 1.82) is 0 Å². The summed E-state index contributed by atoms with van der Waals surface area (Å²) < 4.78 is 0. The van der Waals surface area contributed by atoms with Crippen LogP contribution < -0.4 is 11.1 Å². The maximum Gasteiger partial charge on any atom is 0.237 e. The number of amides is 1. The fraction of sp³-hybridized carbons (Fsp3) is 0.545. The summed E-state index contributed by atoms with van der Waals surface area (Å²) in [7, 11) is 0. The first-order chi connectivity index (χ1) is 6.97. The van der Waals surface area contributed by atoms with Crippen molar-refractivity contribution in [2.45, 2.75) is 38.8 Å². The van der Waals surface area contributed by atoms with Gasteiger partial charge >= 0.3 is 0 Å². The van der Waals surface area contributed by atoms with Gasteiger partial charge in [-0.05, 0) is 31.7 Å². The Morgan fingerprint density at radius 2 is 2.33 bits per heavy atom. The third kappa shape index (κ3) is 3.04. The molecule has 3 nitrogen and oxygen atoms in total. The first-order valence-electron chi connectivity index (χ1n) is 5.09. The van der Waals surface area contributed by atoms with Gasteiger partial charge in [-0.2, -0.15) is 0 Å². The average molecular weight is 226 g/mol. The summed E-state index contributed by atoms with van der Waals surface area (Å²) in [6.07, 6.45) is 0.659. The molecule has 1 rings (SSSR count). The molecule has 1 heterocycles. The van der Waals surface area contributed by atoms with Crippen molar-refractivity contribution in [3.05, 3.63) is 22.4 Å². The Morgan fingerprint density at radius 1 is 1.67 bits per heavy atom. The van der Waals surface area contributed by atoms with Crippen LogP contribution in [0.4, 0.5) is 0 Å². The summed E-state index contributed by atoms with van der Waals surface area (Å²) >= 11 is 1.64. The van der Waals surface area contributed by atoms with Gasteiger partial charge in [-0.25, -0.2) is 0 Å². The molecule has 0 bridgehead atoms. The van der Waals surface area contributed by atoms with Gasteiger partial charge in [0.2, 0.25) is 5.91 Å². The fourth-order valence-corrected chi connectivity index (χ4v) is 2.09. The standard InChI is InChI=1S/C11H18N2OS/c1-4-8(12)10(14)13-11(2,3)9-6-5-7-15-9/h5-8H,4,12H2,1-3H3,(H,13,14)/t8-/m0/s1. The van der Waals surface area contributed by atoms with E-state index in [1.165, 1.54) is 0 Å². The normalized spacial score (nSPS) is 13.6. The van der Waals surface area contributed by atoms with Crippen LogP contribution in [-0.4, -0.2) is 11.9 Å². The van der Waals surface area contributed by atoms with Gasteiger partial charge in [-0.3, -0.25) is 4.79 Å². The molecule has 0 fully saturated rings. The van der Waals surface area contributed by atoms with Crippen LogP contribution in [0, 0.1) is 0 Å². The fourth-order valence-electron chi connectivity index (χ4n) is 1.28. The van der Waals surface area contributed by atoms with E-state index in [2.05, 4.69) is 5.32 Å². The van der Waals surface area contributed by atoms with E-state index in [1.54, 1.807) is 11.3 Å². The van der Waals surface area contributed by atoms with Gasteiger partial charge in [-0.15, -0.1) is 11.3 Å². The summed E-state index contributed by atoms with van der Waals surface area (Å²) in [6.45, 7) is 5.88. The van der Waals surface area contributed by atoms with Gasteiger partial charge < -0.3 is 11.1 Å². The highest BCUT2D eigenvalue weighted by molar-refractivity contribution is 7.10. The van der Waals surface area contributed by atoms with Crippen molar-refractivity contribution in [3.63, 3.8) is 0 Å². The van der Waals surface area contributed by atoms with Crippen LogP contribution in [0.1, 0.15) is 32.1 Å². The summed E-state index contributed by atoms with van der Waals surface area (Å²) in [5, 5.41) is 4.96. The smallest absolute Gasteiger partial charge is 0.237 e. The van der Waals surface area contributed by atoms with Gasteiger partial charge in [0.1, 0.15) is 0 Å². The molecule has 0 radical (unpaired) electrons. The summed E-state index contributed by atoms with van der Waals surface area (Å²) in [4.78, 5) is 12.8. The number of hydrogen-bond donors (Lipinski definition) is 2. The minimum absolute atomic E-state index is 0.0871. The van der Waals surface area contributed by atoms with Crippen LogP contribution in [0.5, 0.6) is 0 Å². The number of rotatable bonds is 4. The Kier molecular flexibility index (Phi) is 3.88. The maximum absolute atomic E-state index is 11.7. The van der Waals surface area contributed by atoms with Crippen molar-refractivity contribution in [2.75, 3.05) is 0 Å². The Balaban J connectivity index is 2.69. The Labute approximate surface area is 94.7 Å². The van der Waals surface area contributed by atoms with Gasteiger partial charge in [0.15, 0.2) is 0 Å². The number of carbonyl (C=O) groups excluding carboxylic acids is 1. The van der Waals surface area contributed by atoms with Gasteiger partial charge in [0, 0.05) is 4.88 Å². The van der Waals surface area contributed by atoms with Crippen LogP contribution in [0.25, 0.3) is 0 Å². The van der Waals surface area contributed by atoms with E-state index in [-0.39, 0.29) is 11.4 Å². The van der Waals surface area contributed by atoms with E-state index in [1.807, 2.05) is 38.3 Å².